The molecule has 2 heterocycles. The van der Waals surface area contributed by atoms with Crippen molar-refractivity contribution >= 4 is 23.4 Å². The number of halogens is 1. The summed E-state index contributed by atoms with van der Waals surface area (Å²) in [4.78, 5) is 0. The average molecular weight is 427 g/mol. The Hall–Kier alpha value is -2.77. The molecule has 0 spiro atoms. The lowest BCUT2D eigenvalue weighted by Crippen LogP contribution is -2.00. The van der Waals surface area contributed by atoms with Crippen LogP contribution >= 0.6 is 23.4 Å². The Kier molecular flexibility index (Phi) is 5.87. The maximum atomic E-state index is 6.05. The largest absolute Gasteiger partial charge is 0.497 e. The number of methoxy groups -OCH3 is 1. The van der Waals surface area contributed by atoms with E-state index in [1.54, 1.807) is 18.9 Å². The first-order chi connectivity index (χ1) is 14.2. The standard InChI is InChI=1S/C21H19ClN4O2S/c1-3-26-20(14-7-9-18(27-2)10-8-14)23-24-21(26)29-13-17-12-19(28-25-17)15-5-4-6-16(22)11-15/h4-12H,3,13H2,1-2H3. The number of rotatable bonds is 7. The van der Waals surface area contributed by atoms with Crippen LogP contribution in [-0.4, -0.2) is 27.0 Å². The summed E-state index contributed by atoms with van der Waals surface area (Å²) in [5, 5.41) is 14.4. The minimum absolute atomic E-state index is 0.630. The van der Waals surface area contributed by atoms with E-state index in [4.69, 9.17) is 20.9 Å². The Morgan fingerprint density at radius 3 is 2.62 bits per heavy atom. The van der Waals surface area contributed by atoms with E-state index in [2.05, 4.69) is 26.8 Å². The predicted molar refractivity (Wildman–Crippen MR) is 114 cm³/mol. The zero-order valence-corrected chi connectivity index (χ0v) is 17.6. The molecular weight excluding hydrogens is 408 g/mol. The van der Waals surface area contributed by atoms with Crippen molar-refractivity contribution in [2.75, 3.05) is 7.11 Å². The zero-order chi connectivity index (χ0) is 20.2. The summed E-state index contributed by atoms with van der Waals surface area (Å²) in [6.07, 6.45) is 0. The van der Waals surface area contributed by atoms with Gasteiger partial charge in [-0.2, -0.15) is 0 Å². The number of nitrogens with zero attached hydrogens (tertiary/aromatic N) is 4. The van der Waals surface area contributed by atoms with Crippen LogP contribution in [0.25, 0.3) is 22.7 Å². The first-order valence-electron chi connectivity index (χ1n) is 9.10. The topological polar surface area (TPSA) is 66.0 Å². The van der Waals surface area contributed by atoms with Crippen molar-refractivity contribution < 1.29 is 9.26 Å². The third-order valence-electron chi connectivity index (χ3n) is 4.40. The SMILES string of the molecule is CCn1c(SCc2cc(-c3cccc(Cl)c3)on2)nnc1-c1ccc(OC)cc1. The van der Waals surface area contributed by atoms with Gasteiger partial charge in [-0.25, -0.2) is 0 Å². The molecule has 2 aromatic heterocycles. The highest BCUT2D eigenvalue weighted by Gasteiger charge is 2.15. The molecule has 0 saturated heterocycles. The highest BCUT2D eigenvalue weighted by molar-refractivity contribution is 7.98. The molecule has 8 heteroatoms. The van der Waals surface area contributed by atoms with Crippen LogP contribution in [-0.2, 0) is 12.3 Å². The molecular formula is C21H19ClN4O2S. The van der Waals surface area contributed by atoms with E-state index < -0.39 is 0 Å². The van der Waals surface area contributed by atoms with E-state index >= 15 is 0 Å². The lowest BCUT2D eigenvalue weighted by Gasteiger charge is -2.07. The van der Waals surface area contributed by atoms with Gasteiger partial charge in [0.1, 0.15) is 5.75 Å². The van der Waals surface area contributed by atoms with Crippen LogP contribution in [0.3, 0.4) is 0 Å². The lowest BCUT2D eigenvalue weighted by atomic mass is 10.2. The van der Waals surface area contributed by atoms with Crippen molar-refractivity contribution in [1.29, 1.82) is 0 Å². The summed E-state index contributed by atoms with van der Waals surface area (Å²) in [6, 6.07) is 17.3. The van der Waals surface area contributed by atoms with E-state index in [1.807, 2.05) is 54.6 Å². The first-order valence-corrected chi connectivity index (χ1v) is 10.5. The third-order valence-corrected chi connectivity index (χ3v) is 5.63. The van der Waals surface area contributed by atoms with Crippen molar-refractivity contribution in [3.63, 3.8) is 0 Å². The van der Waals surface area contributed by atoms with Crippen molar-refractivity contribution in [3.05, 3.63) is 65.3 Å². The average Bonchev–Trinajstić information content (AvgIpc) is 3.39. The molecule has 0 saturated carbocycles. The molecule has 2 aromatic carbocycles. The second-order valence-electron chi connectivity index (χ2n) is 6.26. The van der Waals surface area contributed by atoms with Crippen LogP contribution in [0, 0.1) is 0 Å². The molecule has 0 amide bonds. The Morgan fingerprint density at radius 1 is 1.07 bits per heavy atom. The summed E-state index contributed by atoms with van der Waals surface area (Å²) < 4.78 is 12.8. The van der Waals surface area contributed by atoms with Gasteiger partial charge in [-0.3, -0.25) is 0 Å². The number of benzene rings is 2. The molecule has 0 bridgehead atoms. The van der Waals surface area contributed by atoms with Gasteiger partial charge < -0.3 is 13.8 Å². The quantitative estimate of drug-likeness (QED) is 0.360. The van der Waals surface area contributed by atoms with E-state index in [-0.39, 0.29) is 0 Å². The lowest BCUT2D eigenvalue weighted by molar-refractivity contribution is 0.415. The molecule has 0 N–H and O–H groups in total. The van der Waals surface area contributed by atoms with Gasteiger partial charge in [0.25, 0.3) is 0 Å². The molecule has 148 valence electrons. The molecule has 0 aliphatic rings. The summed E-state index contributed by atoms with van der Waals surface area (Å²) in [5.74, 6) is 2.97. The number of ether oxygens (including phenoxy) is 1. The van der Waals surface area contributed by atoms with Gasteiger partial charge in [-0.05, 0) is 43.3 Å². The van der Waals surface area contributed by atoms with Crippen LogP contribution in [0.2, 0.25) is 5.02 Å². The fourth-order valence-corrected chi connectivity index (χ4v) is 4.00. The first kappa shape index (κ1) is 19.5. The van der Waals surface area contributed by atoms with Crippen LogP contribution in [0.1, 0.15) is 12.6 Å². The summed E-state index contributed by atoms with van der Waals surface area (Å²) in [5.41, 5.74) is 2.73. The van der Waals surface area contributed by atoms with E-state index in [9.17, 15) is 0 Å². The van der Waals surface area contributed by atoms with Gasteiger partial charge in [-0.15, -0.1) is 10.2 Å². The normalized spacial score (nSPS) is 11.0. The van der Waals surface area contributed by atoms with Gasteiger partial charge in [0, 0.05) is 34.5 Å². The summed E-state index contributed by atoms with van der Waals surface area (Å²) >= 11 is 7.63. The maximum Gasteiger partial charge on any atom is 0.191 e. The number of hydrogen-bond donors (Lipinski definition) is 0. The number of aromatic nitrogens is 4. The van der Waals surface area contributed by atoms with Crippen LogP contribution in [0.5, 0.6) is 5.75 Å². The van der Waals surface area contributed by atoms with E-state index in [1.165, 1.54) is 0 Å². The second kappa shape index (κ2) is 8.71. The van der Waals surface area contributed by atoms with E-state index in [0.29, 0.717) is 16.5 Å². The van der Waals surface area contributed by atoms with Gasteiger partial charge >= 0.3 is 0 Å². The van der Waals surface area contributed by atoms with Crippen LogP contribution in [0.4, 0.5) is 0 Å². The van der Waals surface area contributed by atoms with Crippen LogP contribution in [0.15, 0.2) is 64.3 Å². The predicted octanol–water partition coefficient (Wildman–Crippen LogP) is 5.57. The summed E-state index contributed by atoms with van der Waals surface area (Å²) in [7, 11) is 1.65. The van der Waals surface area contributed by atoms with Gasteiger partial charge in [-0.1, -0.05) is 40.7 Å². The van der Waals surface area contributed by atoms with Crippen LogP contribution < -0.4 is 4.74 Å². The molecule has 4 aromatic rings. The number of hydrogen-bond acceptors (Lipinski definition) is 6. The fraction of sp³-hybridized carbons (Fsp3) is 0.190. The molecule has 0 unspecified atom stereocenters. The highest BCUT2D eigenvalue weighted by atomic mass is 35.5. The molecule has 4 rings (SSSR count). The Labute approximate surface area is 177 Å². The zero-order valence-electron chi connectivity index (χ0n) is 16.0. The molecule has 0 aliphatic carbocycles. The minimum Gasteiger partial charge on any atom is -0.497 e. The molecule has 6 nitrogen and oxygen atoms in total. The van der Waals surface area contributed by atoms with Gasteiger partial charge in [0.05, 0.1) is 12.8 Å². The van der Waals surface area contributed by atoms with E-state index in [0.717, 1.165) is 40.1 Å². The maximum absolute atomic E-state index is 6.05. The number of thioether (sulfide) groups is 1. The Morgan fingerprint density at radius 2 is 1.90 bits per heavy atom. The monoisotopic (exact) mass is 426 g/mol. The smallest absolute Gasteiger partial charge is 0.191 e. The molecule has 0 radical (unpaired) electrons. The minimum atomic E-state index is 0.630. The Balaban J connectivity index is 1.50. The van der Waals surface area contributed by atoms with Gasteiger partial charge in [0.15, 0.2) is 16.7 Å². The van der Waals surface area contributed by atoms with Crippen molar-refractivity contribution in [2.24, 2.45) is 0 Å². The third kappa shape index (κ3) is 4.31. The second-order valence-corrected chi connectivity index (χ2v) is 7.64. The molecule has 29 heavy (non-hydrogen) atoms. The fourth-order valence-electron chi connectivity index (χ4n) is 2.93. The highest BCUT2D eigenvalue weighted by Crippen LogP contribution is 2.29. The van der Waals surface area contributed by atoms with Crippen molar-refractivity contribution in [1.82, 2.24) is 19.9 Å². The molecule has 0 atom stereocenters. The van der Waals surface area contributed by atoms with Crippen molar-refractivity contribution in [2.45, 2.75) is 24.4 Å². The van der Waals surface area contributed by atoms with Crippen molar-refractivity contribution in [3.8, 4) is 28.5 Å². The summed E-state index contributed by atoms with van der Waals surface area (Å²) in [6.45, 7) is 2.84. The molecule has 0 aliphatic heterocycles. The van der Waals surface area contributed by atoms with Gasteiger partial charge in [0.2, 0.25) is 0 Å². The Bertz CT molecular complexity index is 1110. The molecule has 0 fully saturated rings.